The minimum absolute atomic E-state index is 0.0595. The molecule has 3 aromatic carbocycles. The fourth-order valence-electron chi connectivity index (χ4n) is 5.68. The predicted octanol–water partition coefficient (Wildman–Crippen LogP) is 5.39. The maximum atomic E-state index is 13.3. The molecule has 0 spiro atoms. The fourth-order valence-corrected chi connectivity index (χ4v) is 5.68. The molecule has 0 unspecified atom stereocenters. The number of hydrogen-bond donors (Lipinski definition) is 2. The maximum absolute atomic E-state index is 13.3. The summed E-state index contributed by atoms with van der Waals surface area (Å²) in [6.45, 7) is 3.12. The second-order valence-electron chi connectivity index (χ2n) is 12.3. The first kappa shape index (κ1) is 41.5. The molecule has 3 amide bonds. The number of carbonyl (C=O) groups is 3. The molecule has 3 N–H and O–H groups in total. The summed E-state index contributed by atoms with van der Waals surface area (Å²) in [4.78, 5) is 42.6. The number of amides is 3. The van der Waals surface area contributed by atoms with E-state index in [1.807, 2.05) is 71.6 Å². The summed E-state index contributed by atoms with van der Waals surface area (Å²) in [6, 6.07) is 20.8. The molecule has 0 radical (unpaired) electrons. The van der Waals surface area contributed by atoms with Crippen molar-refractivity contribution in [3.05, 3.63) is 83.4 Å². The average Bonchev–Trinajstić information content (AvgIpc) is 3.18. The van der Waals surface area contributed by atoms with E-state index in [-0.39, 0.29) is 18.4 Å². The van der Waals surface area contributed by atoms with Gasteiger partial charge in [0.2, 0.25) is 11.8 Å². The number of nitrogens with two attached hydrogens (primary N) is 1. The molecule has 0 bridgehead atoms. The molecule has 12 heteroatoms. The van der Waals surface area contributed by atoms with Gasteiger partial charge in [0.05, 0.1) is 28.4 Å². The Morgan fingerprint density at radius 2 is 1.15 bits per heavy atom. The van der Waals surface area contributed by atoms with E-state index in [9.17, 15) is 14.4 Å². The van der Waals surface area contributed by atoms with Gasteiger partial charge in [-0.25, -0.2) is 4.79 Å². The number of benzene rings is 3. The van der Waals surface area contributed by atoms with Gasteiger partial charge in [-0.05, 0) is 86.0 Å². The third-order valence-electron chi connectivity index (χ3n) is 8.65. The molecule has 0 aliphatic carbocycles. The third kappa shape index (κ3) is 14.3. The van der Waals surface area contributed by atoms with Crippen LogP contribution in [0.3, 0.4) is 0 Å². The van der Waals surface area contributed by atoms with Crippen molar-refractivity contribution in [1.82, 2.24) is 15.1 Å². The second-order valence-corrected chi connectivity index (χ2v) is 12.3. The van der Waals surface area contributed by atoms with Gasteiger partial charge in [0.25, 0.3) is 0 Å². The maximum Gasteiger partial charge on any atom is 0.410 e. The van der Waals surface area contributed by atoms with Crippen molar-refractivity contribution >= 4 is 17.9 Å². The topological polar surface area (TPSA) is 142 Å². The first-order chi connectivity index (χ1) is 25.3. The summed E-state index contributed by atoms with van der Waals surface area (Å²) >= 11 is 0. The zero-order valence-corrected chi connectivity index (χ0v) is 31.2. The molecule has 0 aliphatic rings. The summed E-state index contributed by atoms with van der Waals surface area (Å²) in [5.41, 5.74) is 8.65. The Labute approximate surface area is 308 Å². The van der Waals surface area contributed by atoms with Crippen LogP contribution in [-0.4, -0.2) is 95.4 Å². The molecule has 0 heterocycles. The van der Waals surface area contributed by atoms with Crippen molar-refractivity contribution in [2.45, 2.75) is 58.0 Å². The van der Waals surface area contributed by atoms with E-state index >= 15 is 0 Å². The Bertz CT molecular complexity index is 1520. The van der Waals surface area contributed by atoms with Crippen molar-refractivity contribution in [2.24, 2.45) is 5.73 Å². The number of aryl methyl sites for hydroxylation is 2. The highest BCUT2D eigenvalue weighted by Crippen LogP contribution is 2.29. The zero-order chi connectivity index (χ0) is 37.6. The van der Waals surface area contributed by atoms with Crippen molar-refractivity contribution in [1.29, 1.82) is 0 Å². The Kier molecular flexibility index (Phi) is 18.7. The van der Waals surface area contributed by atoms with Crippen LogP contribution in [0.4, 0.5) is 4.79 Å². The number of rotatable bonds is 24. The number of hydrogen-bond acceptors (Lipinski definition) is 9. The van der Waals surface area contributed by atoms with E-state index in [1.54, 1.807) is 33.3 Å². The smallest absolute Gasteiger partial charge is 0.410 e. The third-order valence-corrected chi connectivity index (χ3v) is 8.65. The molecule has 284 valence electrons. The number of ether oxygens (including phenoxy) is 5. The van der Waals surface area contributed by atoms with Crippen LogP contribution in [0.1, 0.15) is 55.2 Å². The average molecular weight is 721 g/mol. The first-order valence-corrected chi connectivity index (χ1v) is 17.9. The lowest BCUT2D eigenvalue weighted by Crippen LogP contribution is -2.37. The molecule has 0 saturated heterocycles. The van der Waals surface area contributed by atoms with Crippen LogP contribution in [-0.2, 0) is 33.8 Å². The van der Waals surface area contributed by atoms with Crippen molar-refractivity contribution < 1.29 is 38.1 Å². The molecule has 3 aromatic rings. The van der Waals surface area contributed by atoms with E-state index in [0.717, 1.165) is 16.7 Å². The Hall–Kier alpha value is -4.97. The van der Waals surface area contributed by atoms with Gasteiger partial charge in [-0.1, -0.05) is 42.5 Å². The summed E-state index contributed by atoms with van der Waals surface area (Å²) in [5, 5.41) is 2.96. The molecule has 0 fully saturated rings. The lowest BCUT2D eigenvalue weighted by atomic mass is 10.1. The van der Waals surface area contributed by atoms with E-state index in [2.05, 4.69) is 5.32 Å². The highest BCUT2D eigenvalue weighted by Gasteiger charge is 2.18. The SMILES string of the molecule is COc1ccc(CCC(=O)NCCCN(CCCCN(CCCN)C(=O)CCc2ccc(OC)c(OC)c2)C(=O)OCc2ccccc2)cc1OC. The number of methoxy groups -OCH3 is 4. The van der Waals surface area contributed by atoms with Crippen LogP contribution >= 0.6 is 0 Å². The Balaban J connectivity index is 1.49. The molecule has 0 saturated carbocycles. The van der Waals surface area contributed by atoms with Crippen LogP contribution in [0.25, 0.3) is 0 Å². The molecule has 3 rings (SSSR count). The van der Waals surface area contributed by atoms with Gasteiger partial charge in [-0.3, -0.25) is 9.59 Å². The second kappa shape index (κ2) is 23.5. The normalized spacial score (nSPS) is 10.6. The molecule has 52 heavy (non-hydrogen) atoms. The van der Waals surface area contributed by atoms with Gasteiger partial charge in [-0.15, -0.1) is 0 Å². The Morgan fingerprint density at radius 1 is 0.615 bits per heavy atom. The zero-order valence-electron chi connectivity index (χ0n) is 31.2. The predicted molar refractivity (Wildman–Crippen MR) is 201 cm³/mol. The number of nitrogens with one attached hydrogen (secondary N) is 1. The lowest BCUT2D eigenvalue weighted by molar-refractivity contribution is -0.131. The van der Waals surface area contributed by atoms with Crippen LogP contribution in [0.2, 0.25) is 0 Å². The fraction of sp³-hybridized carbons (Fsp3) is 0.475. The highest BCUT2D eigenvalue weighted by atomic mass is 16.6. The van der Waals surface area contributed by atoms with Gasteiger partial charge in [0.1, 0.15) is 6.61 Å². The number of unbranched alkanes of at least 4 members (excludes halogenated alkanes) is 1. The van der Waals surface area contributed by atoms with E-state index < -0.39 is 6.09 Å². The van der Waals surface area contributed by atoms with Crippen molar-refractivity contribution in [3.63, 3.8) is 0 Å². The van der Waals surface area contributed by atoms with Gasteiger partial charge >= 0.3 is 6.09 Å². The van der Waals surface area contributed by atoms with Crippen LogP contribution in [0, 0.1) is 0 Å². The Morgan fingerprint density at radius 3 is 1.73 bits per heavy atom. The van der Waals surface area contributed by atoms with Crippen LogP contribution in [0.5, 0.6) is 23.0 Å². The molecule has 0 aromatic heterocycles. The summed E-state index contributed by atoms with van der Waals surface area (Å²) in [6.07, 6.45) is 4.08. The first-order valence-electron chi connectivity index (χ1n) is 17.9. The standard InChI is InChI=1S/C40H56N4O8/c1-48-34-18-14-31(28-36(34)50-3)16-20-38(45)42-23-11-27-44(40(47)52-30-33-12-6-5-7-13-33)25-9-8-24-43(26-10-22-41)39(46)21-17-32-15-19-35(49-2)37(29-32)51-4/h5-7,12-15,18-19,28-29H,8-11,16-17,20-27,30,41H2,1-4H3,(H,42,45). The molecule has 0 aliphatic heterocycles. The highest BCUT2D eigenvalue weighted by molar-refractivity contribution is 5.76. The van der Waals surface area contributed by atoms with E-state index in [0.29, 0.717) is 114 Å². The van der Waals surface area contributed by atoms with Gasteiger partial charge in [0, 0.05) is 45.6 Å². The van der Waals surface area contributed by atoms with E-state index in [1.165, 1.54) is 0 Å². The minimum Gasteiger partial charge on any atom is -0.493 e. The lowest BCUT2D eigenvalue weighted by Gasteiger charge is -2.25. The molecule has 12 nitrogen and oxygen atoms in total. The number of nitrogens with zero attached hydrogens (tertiary/aromatic N) is 2. The van der Waals surface area contributed by atoms with Crippen LogP contribution in [0.15, 0.2) is 66.7 Å². The summed E-state index contributed by atoms with van der Waals surface area (Å²) in [5.74, 6) is 2.54. The molecular formula is C40H56N4O8. The van der Waals surface area contributed by atoms with Gasteiger partial charge in [0.15, 0.2) is 23.0 Å². The summed E-state index contributed by atoms with van der Waals surface area (Å²) < 4.78 is 27.0. The van der Waals surface area contributed by atoms with Gasteiger partial charge < -0.3 is 44.5 Å². The van der Waals surface area contributed by atoms with Crippen molar-refractivity contribution in [3.8, 4) is 23.0 Å². The minimum atomic E-state index is -0.408. The molecule has 0 atom stereocenters. The largest absolute Gasteiger partial charge is 0.493 e. The molecular weight excluding hydrogens is 664 g/mol. The quantitative estimate of drug-likeness (QED) is 0.117. The monoisotopic (exact) mass is 720 g/mol. The van der Waals surface area contributed by atoms with Crippen LogP contribution < -0.4 is 30.0 Å². The van der Waals surface area contributed by atoms with Crippen molar-refractivity contribution in [2.75, 3.05) is 67.7 Å². The number of carbonyl (C=O) groups excluding carboxylic acids is 3. The van der Waals surface area contributed by atoms with E-state index in [4.69, 9.17) is 29.4 Å². The van der Waals surface area contributed by atoms with Gasteiger partial charge in [-0.2, -0.15) is 0 Å². The summed E-state index contributed by atoms with van der Waals surface area (Å²) in [7, 11) is 6.35.